The lowest BCUT2D eigenvalue weighted by atomic mass is 10.2. The first kappa shape index (κ1) is 14.1. The molecule has 0 heterocycles. The molecule has 4 heteroatoms. The second-order valence-corrected chi connectivity index (χ2v) is 3.15. The van der Waals surface area contributed by atoms with E-state index < -0.39 is 0 Å². The summed E-state index contributed by atoms with van der Waals surface area (Å²) in [5, 5.41) is 10.2. The van der Waals surface area contributed by atoms with Crippen LogP contribution in [0.5, 0.6) is 0 Å². The first-order chi connectivity index (χ1) is 6.83. The summed E-state index contributed by atoms with van der Waals surface area (Å²) in [5.41, 5.74) is 1.17. The van der Waals surface area contributed by atoms with E-state index >= 15 is 0 Å². The van der Waals surface area contributed by atoms with Gasteiger partial charge >= 0.3 is 0 Å². The van der Waals surface area contributed by atoms with E-state index in [0.29, 0.717) is 18.1 Å². The van der Waals surface area contributed by atoms with Gasteiger partial charge in [-0.25, -0.2) is 0 Å². The van der Waals surface area contributed by atoms with Crippen LogP contribution in [-0.4, -0.2) is 18.1 Å². The normalized spacial score (nSPS) is 9.67. The Hall–Kier alpha value is -0.930. The van der Waals surface area contributed by atoms with Gasteiger partial charge in [0.2, 0.25) is 0 Å². The van der Waals surface area contributed by atoms with Crippen molar-refractivity contribution >= 4 is 36.9 Å². The van der Waals surface area contributed by atoms with Gasteiger partial charge in [-0.3, -0.25) is 5.41 Å². The Bertz CT molecular complexity index is 312. The Morgan fingerprint density at radius 2 is 2.00 bits per heavy atom. The Balaban J connectivity index is 0.00000196. The van der Waals surface area contributed by atoms with Crippen molar-refractivity contribution in [3.05, 3.63) is 42.0 Å². The van der Waals surface area contributed by atoms with Gasteiger partial charge in [-0.15, -0.1) is 12.4 Å². The summed E-state index contributed by atoms with van der Waals surface area (Å²) in [6, 6.07) is 10.1. The maximum atomic E-state index is 7.30. The van der Waals surface area contributed by atoms with Crippen molar-refractivity contribution in [3.63, 3.8) is 0 Å². The monoisotopic (exact) mass is 242 g/mol. The highest BCUT2D eigenvalue weighted by molar-refractivity contribution is 7.81. The van der Waals surface area contributed by atoms with Crippen molar-refractivity contribution in [2.24, 2.45) is 0 Å². The van der Waals surface area contributed by atoms with E-state index in [4.69, 9.17) is 5.41 Å². The van der Waals surface area contributed by atoms with Gasteiger partial charge in [0.1, 0.15) is 5.84 Å². The van der Waals surface area contributed by atoms with Crippen molar-refractivity contribution in [2.45, 2.75) is 0 Å². The van der Waals surface area contributed by atoms with Crippen LogP contribution in [0.1, 0.15) is 5.56 Å². The van der Waals surface area contributed by atoms with Crippen LogP contribution >= 0.6 is 25.0 Å². The number of benzene rings is 1. The summed E-state index contributed by atoms with van der Waals surface area (Å²) < 4.78 is 0. The third-order valence-corrected chi connectivity index (χ3v) is 2.02. The standard InChI is InChI=1S/C11H14N2S.ClH/c12-11(9-14)13-8-4-7-10-5-2-1-3-6-10;/h1-7,14H,8-9H2,(H2,12,13);1H/b7-4+;. The Morgan fingerprint density at radius 3 is 2.60 bits per heavy atom. The molecule has 15 heavy (non-hydrogen) atoms. The van der Waals surface area contributed by atoms with Gasteiger partial charge in [0.25, 0.3) is 0 Å². The van der Waals surface area contributed by atoms with Crippen molar-refractivity contribution in [1.29, 1.82) is 5.41 Å². The van der Waals surface area contributed by atoms with Gasteiger partial charge in [0, 0.05) is 12.3 Å². The maximum absolute atomic E-state index is 7.30. The third kappa shape index (κ3) is 6.20. The van der Waals surface area contributed by atoms with E-state index in [0.717, 1.165) is 0 Å². The molecule has 0 spiro atoms. The Morgan fingerprint density at radius 1 is 1.33 bits per heavy atom. The van der Waals surface area contributed by atoms with Crippen LogP contribution in [-0.2, 0) is 0 Å². The molecule has 0 saturated carbocycles. The average molecular weight is 243 g/mol. The zero-order valence-corrected chi connectivity index (χ0v) is 10.0. The first-order valence-corrected chi connectivity index (χ1v) is 5.10. The molecule has 1 aromatic rings. The molecular weight excluding hydrogens is 228 g/mol. The second-order valence-electron chi connectivity index (χ2n) is 2.83. The van der Waals surface area contributed by atoms with Gasteiger partial charge in [0.05, 0.1) is 0 Å². The Labute approximate surface area is 102 Å². The number of hydrogen-bond acceptors (Lipinski definition) is 2. The highest BCUT2D eigenvalue weighted by atomic mass is 35.5. The zero-order valence-electron chi connectivity index (χ0n) is 8.31. The molecule has 0 aliphatic rings. The molecule has 0 amide bonds. The number of hydrogen-bond donors (Lipinski definition) is 3. The molecule has 0 aromatic heterocycles. The molecule has 0 aliphatic carbocycles. The van der Waals surface area contributed by atoms with Crippen LogP contribution in [0.4, 0.5) is 0 Å². The van der Waals surface area contributed by atoms with Crippen LogP contribution in [0.15, 0.2) is 36.4 Å². The molecule has 0 fully saturated rings. The van der Waals surface area contributed by atoms with E-state index in [1.165, 1.54) is 5.56 Å². The fourth-order valence-corrected chi connectivity index (χ4v) is 1.11. The average Bonchev–Trinajstić information content (AvgIpc) is 2.25. The smallest absolute Gasteiger partial charge is 0.103 e. The van der Waals surface area contributed by atoms with E-state index in [1.807, 2.05) is 42.5 Å². The first-order valence-electron chi connectivity index (χ1n) is 4.46. The lowest BCUT2D eigenvalue weighted by molar-refractivity contribution is 1.03. The molecule has 0 aliphatic heterocycles. The molecule has 0 bridgehead atoms. The number of rotatable bonds is 4. The fraction of sp³-hybridized carbons (Fsp3) is 0.182. The van der Waals surface area contributed by atoms with E-state index in [-0.39, 0.29) is 12.4 Å². The lowest BCUT2D eigenvalue weighted by Gasteiger charge is -2.00. The van der Waals surface area contributed by atoms with Gasteiger partial charge in [-0.1, -0.05) is 42.5 Å². The molecule has 1 aromatic carbocycles. The van der Waals surface area contributed by atoms with Crippen LogP contribution in [0, 0.1) is 5.41 Å². The molecule has 0 radical (unpaired) electrons. The number of nitrogens with one attached hydrogen (secondary N) is 2. The highest BCUT2D eigenvalue weighted by Gasteiger charge is 1.87. The predicted molar refractivity (Wildman–Crippen MR) is 72.3 cm³/mol. The number of amidine groups is 1. The summed E-state index contributed by atoms with van der Waals surface area (Å²) in [5.74, 6) is 0.908. The fourth-order valence-electron chi connectivity index (χ4n) is 0.997. The molecule has 0 atom stereocenters. The van der Waals surface area contributed by atoms with E-state index in [9.17, 15) is 0 Å². The quantitative estimate of drug-likeness (QED) is 0.424. The molecule has 0 saturated heterocycles. The SMILES string of the molecule is Cl.N=C(CS)NC/C=C/c1ccccc1. The molecule has 1 rings (SSSR count). The minimum Gasteiger partial charge on any atom is -0.370 e. The van der Waals surface area contributed by atoms with Crippen LogP contribution in [0.2, 0.25) is 0 Å². The minimum absolute atomic E-state index is 0. The van der Waals surface area contributed by atoms with Gasteiger partial charge in [-0.2, -0.15) is 12.6 Å². The molecule has 82 valence electrons. The van der Waals surface area contributed by atoms with E-state index in [1.54, 1.807) is 0 Å². The summed E-state index contributed by atoms with van der Waals surface area (Å²) >= 11 is 3.98. The van der Waals surface area contributed by atoms with Crippen molar-refractivity contribution < 1.29 is 0 Å². The molecule has 2 nitrogen and oxygen atoms in total. The van der Waals surface area contributed by atoms with Gasteiger partial charge in [-0.05, 0) is 5.56 Å². The summed E-state index contributed by atoms with van der Waals surface area (Å²) in [7, 11) is 0. The van der Waals surface area contributed by atoms with E-state index in [2.05, 4.69) is 17.9 Å². The zero-order chi connectivity index (χ0) is 10.2. The summed E-state index contributed by atoms with van der Waals surface area (Å²) in [6.45, 7) is 0.675. The second kappa shape index (κ2) is 8.38. The summed E-state index contributed by atoms with van der Waals surface area (Å²) in [4.78, 5) is 0. The molecule has 0 unspecified atom stereocenters. The van der Waals surface area contributed by atoms with Crippen molar-refractivity contribution in [1.82, 2.24) is 5.32 Å². The number of thiol groups is 1. The largest absolute Gasteiger partial charge is 0.370 e. The van der Waals surface area contributed by atoms with Crippen molar-refractivity contribution in [3.8, 4) is 0 Å². The Kier molecular flexibility index (Phi) is 7.86. The third-order valence-electron chi connectivity index (χ3n) is 1.70. The van der Waals surface area contributed by atoms with Gasteiger partial charge in [0.15, 0.2) is 0 Å². The van der Waals surface area contributed by atoms with Crippen LogP contribution < -0.4 is 5.32 Å². The topological polar surface area (TPSA) is 35.9 Å². The molecular formula is C11H15ClN2S. The predicted octanol–water partition coefficient (Wildman–Crippen LogP) is 2.62. The highest BCUT2D eigenvalue weighted by Crippen LogP contribution is 1.99. The van der Waals surface area contributed by atoms with Gasteiger partial charge < -0.3 is 5.32 Å². The maximum Gasteiger partial charge on any atom is 0.103 e. The van der Waals surface area contributed by atoms with Crippen molar-refractivity contribution in [2.75, 3.05) is 12.3 Å². The summed E-state index contributed by atoms with van der Waals surface area (Å²) in [6.07, 6.45) is 4.02. The number of halogens is 1. The lowest BCUT2D eigenvalue weighted by Crippen LogP contribution is -2.23. The van der Waals surface area contributed by atoms with Crippen LogP contribution in [0.25, 0.3) is 6.08 Å². The molecule has 2 N–H and O–H groups in total. The van der Waals surface area contributed by atoms with Crippen LogP contribution in [0.3, 0.4) is 0 Å². The minimum atomic E-state index is 0.